The molecule has 1 N–H and O–H groups in total. The van der Waals surface area contributed by atoms with E-state index in [1.54, 1.807) is 16.9 Å². The summed E-state index contributed by atoms with van der Waals surface area (Å²) in [5, 5.41) is 16.7. The summed E-state index contributed by atoms with van der Waals surface area (Å²) in [7, 11) is 0. The molecule has 1 aliphatic heterocycles. The van der Waals surface area contributed by atoms with Crippen LogP contribution in [0.4, 0.5) is 5.82 Å². The molecule has 6 nitrogen and oxygen atoms in total. The molecule has 1 aliphatic rings. The molecule has 1 saturated heterocycles. The van der Waals surface area contributed by atoms with Crippen molar-refractivity contribution in [1.29, 1.82) is 5.26 Å². The van der Waals surface area contributed by atoms with Crippen LogP contribution < -0.4 is 5.32 Å². The number of aromatic nitrogens is 3. The Kier molecular flexibility index (Phi) is 4.80. The first-order valence-electron chi connectivity index (χ1n) is 9.10. The van der Waals surface area contributed by atoms with Crippen LogP contribution in [0.3, 0.4) is 0 Å². The lowest BCUT2D eigenvalue weighted by Gasteiger charge is -2.26. The number of anilines is 1. The van der Waals surface area contributed by atoms with Crippen molar-refractivity contribution in [3.05, 3.63) is 59.4 Å². The Balaban J connectivity index is 1.40. The van der Waals surface area contributed by atoms with Crippen molar-refractivity contribution in [3.63, 3.8) is 0 Å². The third kappa shape index (κ3) is 3.53. The second kappa shape index (κ2) is 7.54. The largest absolute Gasteiger partial charge is 0.366 e. The maximum atomic E-state index is 9.10. The third-order valence-electron chi connectivity index (χ3n) is 4.87. The summed E-state index contributed by atoms with van der Waals surface area (Å²) in [6, 6.07) is 12.8. The van der Waals surface area contributed by atoms with E-state index < -0.39 is 0 Å². The summed E-state index contributed by atoms with van der Waals surface area (Å²) in [4.78, 5) is 6.76. The van der Waals surface area contributed by atoms with Crippen molar-refractivity contribution in [1.82, 2.24) is 19.5 Å². The molecule has 1 aromatic carbocycles. The van der Waals surface area contributed by atoms with Gasteiger partial charge in [0.15, 0.2) is 5.65 Å². The number of hydrogen-bond donors (Lipinski definition) is 1. The molecule has 1 fully saturated rings. The lowest BCUT2D eigenvalue weighted by atomic mass is 10.1. The summed E-state index contributed by atoms with van der Waals surface area (Å²) in [6.45, 7) is 4.18. The van der Waals surface area contributed by atoms with Gasteiger partial charge >= 0.3 is 0 Å². The van der Waals surface area contributed by atoms with Crippen molar-refractivity contribution in [2.75, 3.05) is 18.4 Å². The molecule has 4 rings (SSSR count). The van der Waals surface area contributed by atoms with Crippen LogP contribution in [0.5, 0.6) is 0 Å². The Labute approximate surface area is 153 Å². The highest BCUT2D eigenvalue weighted by molar-refractivity contribution is 5.57. The Bertz CT molecular complexity index is 916. The van der Waals surface area contributed by atoms with Crippen molar-refractivity contribution < 1.29 is 0 Å². The first-order chi connectivity index (χ1) is 12.8. The SMILES string of the molecule is N#Cc1cnn2c(NCc3ccc(CN4CCCCC4)cc3)ccnc12. The van der Waals surface area contributed by atoms with E-state index in [-0.39, 0.29) is 0 Å². The normalized spacial score (nSPS) is 15.0. The fourth-order valence-electron chi connectivity index (χ4n) is 3.44. The molecule has 6 heteroatoms. The lowest BCUT2D eigenvalue weighted by molar-refractivity contribution is 0.221. The van der Waals surface area contributed by atoms with Crippen LogP contribution in [0.1, 0.15) is 36.0 Å². The van der Waals surface area contributed by atoms with Gasteiger partial charge in [0.1, 0.15) is 17.5 Å². The minimum Gasteiger partial charge on any atom is -0.366 e. The number of rotatable bonds is 5. The topological polar surface area (TPSA) is 69.2 Å². The Morgan fingerprint density at radius 1 is 1.04 bits per heavy atom. The van der Waals surface area contributed by atoms with Crippen LogP contribution in [0.2, 0.25) is 0 Å². The average molecular weight is 346 g/mol. The van der Waals surface area contributed by atoms with Crippen molar-refractivity contribution >= 4 is 11.5 Å². The predicted octanol–water partition coefficient (Wildman–Crippen LogP) is 3.20. The van der Waals surface area contributed by atoms with E-state index in [1.165, 1.54) is 43.5 Å². The molecule has 3 heterocycles. The van der Waals surface area contributed by atoms with E-state index in [0.717, 1.165) is 12.4 Å². The molecule has 132 valence electrons. The van der Waals surface area contributed by atoms with E-state index in [1.807, 2.05) is 6.07 Å². The van der Waals surface area contributed by atoms with Gasteiger partial charge in [-0.1, -0.05) is 30.7 Å². The van der Waals surface area contributed by atoms with Gasteiger partial charge in [0, 0.05) is 19.3 Å². The number of nitriles is 1. The van der Waals surface area contributed by atoms with Crippen molar-refractivity contribution in [2.24, 2.45) is 0 Å². The van der Waals surface area contributed by atoms with E-state index >= 15 is 0 Å². The molecule has 2 aromatic heterocycles. The summed E-state index contributed by atoms with van der Waals surface area (Å²) in [5.74, 6) is 0.828. The molecule has 0 radical (unpaired) electrons. The van der Waals surface area contributed by atoms with Gasteiger partial charge in [0.05, 0.1) is 6.20 Å². The van der Waals surface area contributed by atoms with Crippen molar-refractivity contribution in [2.45, 2.75) is 32.4 Å². The van der Waals surface area contributed by atoms with Crippen LogP contribution in [-0.4, -0.2) is 32.6 Å². The van der Waals surface area contributed by atoms with E-state index in [2.05, 4.69) is 50.6 Å². The molecule has 0 bridgehead atoms. The minimum atomic E-state index is 0.482. The number of piperidine rings is 1. The molecular weight excluding hydrogens is 324 g/mol. The van der Waals surface area contributed by atoms with Gasteiger partial charge in [-0.25, -0.2) is 4.98 Å². The number of fused-ring (bicyclic) bond motifs is 1. The highest BCUT2D eigenvalue weighted by Gasteiger charge is 2.10. The molecule has 26 heavy (non-hydrogen) atoms. The number of hydrogen-bond acceptors (Lipinski definition) is 5. The Morgan fingerprint density at radius 2 is 1.81 bits per heavy atom. The van der Waals surface area contributed by atoms with Gasteiger partial charge in [0.25, 0.3) is 0 Å². The van der Waals surface area contributed by atoms with E-state index in [9.17, 15) is 0 Å². The van der Waals surface area contributed by atoms with Gasteiger partial charge < -0.3 is 5.32 Å². The van der Waals surface area contributed by atoms with Gasteiger partial charge in [-0.15, -0.1) is 0 Å². The summed E-state index contributed by atoms with van der Waals surface area (Å²) in [6.07, 6.45) is 7.26. The fourth-order valence-corrected chi connectivity index (χ4v) is 3.44. The van der Waals surface area contributed by atoms with Gasteiger partial charge in [-0.2, -0.15) is 14.9 Å². The third-order valence-corrected chi connectivity index (χ3v) is 4.87. The molecule has 0 saturated carbocycles. The second-order valence-corrected chi connectivity index (χ2v) is 6.74. The highest BCUT2D eigenvalue weighted by atomic mass is 15.3. The maximum absolute atomic E-state index is 9.10. The number of nitrogens with one attached hydrogen (secondary N) is 1. The smallest absolute Gasteiger partial charge is 0.175 e. The monoisotopic (exact) mass is 346 g/mol. The maximum Gasteiger partial charge on any atom is 0.175 e. The summed E-state index contributed by atoms with van der Waals surface area (Å²) in [5.41, 5.74) is 3.64. The average Bonchev–Trinajstić information content (AvgIpc) is 3.12. The predicted molar refractivity (Wildman–Crippen MR) is 101 cm³/mol. The summed E-state index contributed by atoms with van der Waals surface area (Å²) >= 11 is 0. The van der Waals surface area contributed by atoms with Gasteiger partial charge in [-0.05, 0) is 43.1 Å². The molecule has 0 atom stereocenters. The Hall–Kier alpha value is -2.91. The molecular formula is C20H22N6. The Morgan fingerprint density at radius 3 is 2.58 bits per heavy atom. The lowest BCUT2D eigenvalue weighted by Crippen LogP contribution is -2.29. The van der Waals surface area contributed by atoms with Crippen LogP contribution in [0.25, 0.3) is 5.65 Å². The second-order valence-electron chi connectivity index (χ2n) is 6.74. The molecule has 0 aliphatic carbocycles. The van der Waals surface area contributed by atoms with E-state index in [0.29, 0.717) is 17.8 Å². The fraction of sp³-hybridized carbons (Fsp3) is 0.350. The zero-order chi connectivity index (χ0) is 17.8. The van der Waals surface area contributed by atoms with Crippen molar-refractivity contribution in [3.8, 4) is 6.07 Å². The van der Waals surface area contributed by atoms with Crippen LogP contribution >= 0.6 is 0 Å². The number of nitrogens with zero attached hydrogens (tertiary/aromatic N) is 5. The van der Waals surface area contributed by atoms with Gasteiger partial charge in [0.2, 0.25) is 0 Å². The first-order valence-corrected chi connectivity index (χ1v) is 9.10. The zero-order valence-corrected chi connectivity index (χ0v) is 14.7. The molecule has 0 amide bonds. The first kappa shape index (κ1) is 16.6. The number of likely N-dealkylation sites (tertiary alicyclic amines) is 1. The quantitative estimate of drug-likeness (QED) is 0.768. The van der Waals surface area contributed by atoms with Gasteiger partial charge in [-0.3, -0.25) is 4.90 Å². The van der Waals surface area contributed by atoms with E-state index in [4.69, 9.17) is 5.26 Å². The van der Waals surface area contributed by atoms with Crippen LogP contribution in [-0.2, 0) is 13.1 Å². The molecule has 3 aromatic rings. The van der Waals surface area contributed by atoms with Crippen LogP contribution in [0.15, 0.2) is 42.7 Å². The molecule has 0 unspecified atom stereocenters. The zero-order valence-electron chi connectivity index (χ0n) is 14.7. The number of benzene rings is 1. The standard InChI is InChI=1S/C20H22N6/c21-12-18-14-24-26-19(8-9-22-20(18)26)23-13-16-4-6-17(7-5-16)15-25-10-2-1-3-11-25/h4-9,14,23H,1-3,10-11,13,15H2. The minimum absolute atomic E-state index is 0.482. The summed E-state index contributed by atoms with van der Waals surface area (Å²) < 4.78 is 1.67. The highest BCUT2D eigenvalue weighted by Crippen LogP contribution is 2.16. The van der Waals surface area contributed by atoms with Crippen LogP contribution in [0, 0.1) is 11.3 Å². The molecule has 0 spiro atoms.